The van der Waals surface area contributed by atoms with Gasteiger partial charge in [-0.3, -0.25) is 9.89 Å². The molecule has 182 valence electrons. The van der Waals surface area contributed by atoms with Crippen LogP contribution in [0.3, 0.4) is 0 Å². The molecule has 1 amide bonds. The average Bonchev–Trinajstić information content (AvgIpc) is 3.42. The first kappa shape index (κ1) is 23.5. The number of nitrogens with zero attached hydrogens (tertiary/aromatic N) is 3. The lowest BCUT2D eigenvalue weighted by Gasteiger charge is -2.24. The predicted octanol–water partition coefficient (Wildman–Crippen LogP) is 3.88. The van der Waals surface area contributed by atoms with Crippen LogP contribution >= 0.6 is 11.6 Å². The van der Waals surface area contributed by atoms with Gasteiger partial charge in [0.15, 0.2) is 0 Å². The predicted molar refractivity (Wildman–Crippen MR) is 133 cm³/mol. The van der Waals surface area contributed by atoms with Crippen LogP contribution in [0.15, 0.2) is 59.5 Å². The number of nitrogens with one attached hydrogen (secondary N) is 3. The molecule has 2 aromatic heterocycles. The lowest BCUT2D eigenvalue weighted by molar-refractivity contribution is 0.0903. The van der Waals surface area contributed by atoms with Crippen LogP contribution in [0.5, 0.6) is 0 Å². The Morgan fingerprint density at radius 1 is 1.29 bits per heavy atom. The van der Waals surface area contributed by atoms with E-state index >= 15 is 0 Å². The molecule has 1 aromatic carbocycles. The fraction of sp³-hybridized carbons (Fsp3) is 0.360. The number of rotatable bonds is 7. The van der Waals surface area contributed by atoms with Crippen molar-refractivity contribution < 1.29 is 14.3 Å². The number of carbonyl (C=O) groups is 1. The van der Waals surface area contributed by atoms with Crippen molar-refractivity contribution in [3.63, 3.8) is 0 Å². The van der Waals surface area contributed by atoms with Crippen molar-refractivity contribution in [1.29, 1.82) is 0 Å². The number of methoxy groups -OCH3 is 1. The fourth-order valence-electron chi connectivity index (χ4n) is 4.33. The van der Waals surface area contributed by atoms with Gasteiger partial charge in [-0.15, -0.1) is 0 Å². The molecule has 35 heavy (non-hydrogen) atoms. The number of ether oxygens (including phenoxy) is 2. The molecule has 1 aliphatic carbocycles. The van der Waals surface area contributed by atoms with Gasteiger partial charge in [-0.25, -0.2) is 9.97 Å². The maximum Gasteiger partial charge on any atom is 0.252 e. The number of hydrogen-bond acceptors (Lipinski definition) is 7. The Morgan fingerprint density at radius 3 is 2.89 bits per heavy atom. The van der Waals surface area contributed by atoms with E-state index in [-0.39, 0.29) is 18.1 Å². The number of benzene rings is 1. The summed E-state index contributed by atoms with van der Waals surface area (Å²) in [6.07, 6.45) is 11.4. The molecule has 0 spiro atoms. The first-order valence-electron chi connectivity index (χ1n) is 11.6. The number of halogens is 1. The molecule has 2 atom stereocenters. The smallest absolute Gasteiger partial charge is 0.252 e. The molecule has 10 heteroatoms. The number of anilines is 1. The number of aromatic nitrogens is 4. The van der Waals surface area contributed by atoms with Gasteiger partial charge in [0.1, 0.15) is 0 Å². The van der Waals surface area contributed by atoms with Crippen LogP contribution in [0, 0.1) is 0 Å². The average molecular weight is 495 g/mol. The van der Waals surface area contributed by atoms with Crippen LogP contribution < -0.4 is 10.6 Å². The van der Waals surface area contributed by atoms with Gasteiger partial charge in [-0.1, -0.05) is 23.7 Å². The SMILES string of the molecule is COC1CC=C([C@H](NC(=O)c2ccc3cnc(NC4CCOCC4)nc3c2)c2cn[nH]c2)C=C1Cl. The Labute approximate surface area is 208 Å². The molecule has 0 radical (unpaired) electrons. The molecular weight excluding hydrogens is 468 g/mol. The maximum absolute atomic E-state index is 13.3. The van der Waals surface area contributed by atoms with Crippen molar-refractivity contribution in [2.45, 2.75) is 37.5 Å². The van der Waals surface area contributed by atoms with E-state index in [0.717, 1.165) is 42.6 Å². The lowest BCUT2D eigenvalue weighted by Crippen LogP contribution is -2.30. The summed E-state index contributed by atoms with van der Waals surface area (Å²) < 4.78 is 10.8. The second-order valence-corrected chi connectivity index (χ2v) is 9.07. The van der Waals surface area contributed by atoms with Gasteiger partial charge >= 0.3 is 0 Å². The van der Waals surface area contributed by atoms with Crippen molar-refractivity contribution in [3.8, 4) is 0 Å². The summed E-state index contributed by atoms with van der Waals surface area (Å²) in [6, 6.07) is 5.28. The Morgan fingerprint density at radius 2 is 2.14 bits per heavy atom. The summed E-state index contributed by atoms with van der Waals surface area (Å²) in [7, 11) is 1.63. The van der Waals surface area contributed by atoms with Gasteiger partial charge in [0.2, 0.25) is 5.95 Å². The van der Waals surface area contributed by atoms with E-state index in [0.29, 0.717) is 28.5 Å². The standard InChI is InChI=1S/C25H27ClN6O3/c1-34-22-5-4-15(10-20(22)26)23(18-13-28-29-14-18)32-24(33)16-2-3-17-12-27-25(31-21(17)11-16)30-19-6-8-35-9-7-19/h2-4,10-14,19,22-23H,5-9H2,1H3,(H,28,29)(H,32,33)(H,27,30,31)/t22?,23-/m0/s1. The minimum absolute atomic E-state index is 0.176. The molecule has 5 rings (SSSR count). The lowest BCUT2D eigenvalue weighted by atomic mass is 9.94. The second kappa shape index (κ2) is 10.6. The highest BCUT2D eigenvalue weighted by Crippen LogP contribution is 2.31. The number of H-pyrrole nitrogens is 1. The molecule has 3 aromatic rings. The van der Waals surface area contributed by atoms with Crippen LogP contribution in [0.2, 0.25) is 0 Å². The van der Waals surface area contributed by atoms with Crippen LogP contribution in [0.1, 0.15) is 41.2 Å². The second-order valence-electron chi connectivity index (χ2n) is 8.63. The van der Waals surface area contributed by atoms with E-state index in [2.05, 4.69) is 30.8 Å². The summed E-state index contributed by atoms with van der Waals surface area (Å²) in [5, 5.41) is 14.8. The number of carbonyl (C=O) groups excluding carboxylic acids is 1. The third kappa shape index (κ3) is 5.37. The van der Waals surface area contributed by atoms with Crippen LogP contribution in [-0.4, -0.2) is 58.5 Å². The van der Waals surface area contributed by atoms with Crippen molar-refractivity contribution in [2.24, 2.45) is 0 Å². The third-order valence-electron chi connectivity index (χ3n) is 6.33. The number of hydrogen-bond donors (Lipinski definition) is 3. The molecule has 3 heterocycles. The van der Waals surface area contributed by atoms with E-state index in [9.17, 15) is 4.79 Å². The Kier molecular flexibility index (Phi) is 7.08. The van der Waals surface area contributed by atoms with E-state index in [1.165, 1.54) is 0 Å². The Hall–Kier alpha value is -3.27. The molecular formula is C25H27ClN6O3. The highest BCUT2D eigenvalue weighted by atomic mass is 35.5. The number of fused-ring (bicyclic) bond motifs is 1. The van der Waals surface area contributed by atoms with Crippen LogP contribution in [0.25, 0.3) is 10.9 Å². The zero-order chi connectivity index (χ0) is 24.2. The first-order chi connectivity index (χ1) is 17.1. The van der Waals surface area contributed by atoms with Gasteiger partial charge < -0.3 is 20.1 Å². The molecule has 3 N–H and O–H groups in total. The van der Waals surface area contributed by atoms with Crippen molar-refractivity contribution in [1.82, 2.24) is 25.5 Å². The number of amides is 1. The highest BCUT2D eigenvalue weighted by Gasteiger charge is 2.25. The quantitative estimate of drug-likeness (QED) is 0.456. The van der Waals surface area contributed by atoms with Crippen LogP contribution in [-0.2, 0) is 9.47 Å². The minimum Gasteiger partial charge on any atom is -0.381 e. The van der Waals surface area contributed by atoms with E-state index in [4.69, 9.17) is 21.1 Å². The van der Waals surface area contributed by atoms with Gasteiger partial charge in [0.05, 0.1) is 23.9 Å². The van der Waals surface area contributed by atoms with E-state index < -0.39 is 6.04 Å². The van der Waals surface area contributed by atoms with Crippen molar-refractivity contribution in [3.05, 3.63) is 70.7 Å². The van der Waals surface area contributed by atoms with Crippen molar-refractivity contribution >= 4 is 34.4 Å². The first-order valence-corrected chi connectivity index (χ1v) is 12.0. The molecule has 1 unspecified atom stereocenters. The third-order valence-corrected chi connectivity index (χ3v) is 6.68. The summed E-state index contributed by atoms with van der Waals surface area (Å²) in [5.74, 6) is 0.327. The Balaban J connectivity index is 1.37. The topological polar surface area (TPSA) is 114 Å². The van der Waals surface area contributed by atoms with Gasteiger partial charge in [0.25, 0.3) is 5.91 Å². The van der Waals surface area contributed by atoms with Crippen molar-refractivity contribution in [2.75, 3.05) is 25.6 Å². The van der Waals surface area contributed by atoms with E-state index in [1.54, 1.807) is 37.8 Å². The molecule has 1 aliphatic heterocycles. The molecule has 1 saturated heterocycles. The molecule has 9 nitrogen and oxygen atoms in total. The molecule has 0 bridgehead atoms. The summed E-state index contributed by atoms with van der Waals surface area (Å²) >= 11 is 6.42. The summed E-state index contributed by atoms with van der Waals surface area (Å²) in [6.45, 7) is 1.46. The fourth-order valence-corrected chi connectivity index (χ4v) is 4.63. The van der Waals surface area contributed by atoms with Gasteiger partial charge in [-0.2, -0.15) is 5.10 Å². The highest BCUT2D eigenvalue weighted by molar-refractivity contribution is 6.30. The number of aromatic amines is 1. The summed E-state index contributed by atoms with van der Waals surface area (Å²) in [4.78, 5) is 22.4. The zero-order valence-electron chi connectivity index (χ0n) is 19.3. The zero-order valence-corrected chi connectivity index (χ0v) is 20.1. The van der Waals surface area contributed by atoms with Gasteiger partial charge in [-0.05, 0) is 43.0 Å². The largest absolute Gasteiger partial charge is 0.381 e. The normalized spacial score (nSPS) is 19.7. The minimum atomic E-state index is -0.417. The molecule has 2 aliphatic rings. The van der Waals surface area contributed by atoms with E-state index in [1.807, 2.05) is 18.2 Å². The van der Waals surface area contributed by atoms with Gasteiger partial charge in [0, 0.05) is 60.3 Å². The Bertz CT molecular complexity index is 1250. The summed E-state index contributed by atoms with van der Waals surface area (Å²) in [5.41, 5.74) is 2.91. The monoisotopic (exact) mass is 494 g/mol. The maximum atomic E-state index is 13.3. The van der Waals surface area contributed by atoms with Crippen LogP contribution in [0.4, 0.5) is 5.95 Å². The molecule has 0 saturated carbocycles. The molecule has 1 fully saturated rings.